The molecule has 3 aromatic rings. The summed E-state index contributed by atoms with van der Waals surface area (Å²) in [7, 11) is 0. The molecule has 6 nitrogen and oxygen atoms in total. The van der Waals surface area contributed by atoms with E-state index >= 15 is 0 Å². The number of esters is 1. The van der Waals surface area contributed by atoms with Gasteiger partial charge in [-0.1, -0.05) is 91.0 Å². The van der Waals surface area contributed by atoms with Gasteiger partial charge in [0.25, 0.3) is 0 Å². The van der Waals surface area contributed by atoms with Crippen molar-refractivity contribution in [3.05, 3.63) is 108 Å². The van der Waals surface area contributed by atoms with Crippen LogP contribution in [0.2, 0.25) is 0 Å². The van der Waals surface area contributed by atoms with Crippen LogP contribution in [0.5, 0.6) is 0 Å². The highest BCUT2D eigenvalue weighted by molar-refractivity contribution is 5.92. The quantitative estimate of drug-likeness (QED) is 0.470. The summed E-state index contributed by atoms with van der Waals surface area (Å²) in [5.41, 5.74) is 2.73. The maximum absolute atomic E-state index is 13.0. The molecule has 0 spiro atoms. The summed E-state index contributed by atoms with van der Waals surface area (Å²) in [5.74, 6) is -1.81. The van der Waals surface area contributed by atoms with E-state index in [9.17, 15) is 14.4 Å². The minimum Gasteiger partial charge on any atom is -0.464 e. The molecule has 170 valence electrons. The fourth-order valence-electron chi connectivity index (χ4n) is 3.45. The number of rotatable bonds is 10. The van der Waals surface area contributed by atoms with Crippen molar-refractivity contribution in [1.29, 1.82) is 0 Å². The molecular weight excluding hydrogens is 416 g/mol. The molecule has 2 N–H and O–H groups in total. The molecule has 0 aliphatic carbocycles. The summed E-state index contributed by atoms with van der Waals surface area (Å²) in [4.78, 5) is 37.4. The van der Waals surface area contributed by atoms with Crippen molar-refractivity contribution in [3.63, 3.8) is 0 Å². The van der Waals surface area contributed by atoms with Crippen molar-refractivity contribution < 1.29 is 19.1 Å². The molecular formula is C27H28N2O4. The van der Waals surface area contributed by atoms with Crippen LogP contribution in [0, 0.1) is 0 Å². The Labute approximate surface area is 194 Å². The maximum atomic E-state index is 13.0. The predicted molar refractivity (Wildman–Crippen MR) is 126 cm³/mol. The van der Waals surface area contributed by atoms with Crippen molar-refractivity contribution in [2.75, 3.05) is 13.2 Å². The zero-order chi connectivity index (χ0) is 23.5. The van der Waals surface area contributed by atoms with E-state index in [-0.39, 0.29) is 19.1 Å². The first kappa shape index (κ1) is 23.7. The van der Waals surface area contributed by atoms with Gasteiger partial charge in [-0.25, -0.2) is 4.79 Å². The van der Waals surface area contributed by atoms with E-state index in [4.69, 9.17) is 4.74 Å². The third kappa shape index (κ3) is 7.31. The average molecular weight is 445 g/mol. The number of amides is 2. The van der Waals surface area contributed by atoms with E-state index in [1.165, 1.54) is 0 Å². The Morgan fingerprint density at radius 3 is 1.85 bits per heavy atom. The maximum Gasteiger partial charge on any atom is 0.328 e. The molecule has 0 saturated heterocycles. The van der Waals surface area contributed by atoms with Gasteiger partial charge in [-0.05, 0) is 23.6 Å². The fraction of sp³-hybridized carbons (Fsp3) is 0.222. The van der Waals surface area contributed by atoms with Crippen molar-refractivity contribution in [3.8, 4) is 0 Å². The number of ether oxygens (including phenoxy) is 1. The molecule has 33 heavy (non-hydrogen) atoms. The third-order valence-corrected chi connectivity index (χ3v) is 5.16. The van der Waals surface area contributed by atoms with Gasteiger partial charge in [0.15, 0.2) is 0 Å². The number of hydrogen-bond donors (Lipinski definition) is 2. The first-order valence-corrected chi connectivity index (χ1v) is 10.9. The van der Waals surface area contributed by atoms with Crippen LogP contribution in [0.15, 0.2) is 91.0 Å². The Hall–Kier alpha value is -3.93. The van der Waals surface area contributed by atoms with Gasteiger partial charge in [0.05, 0.1) is 19.1 Å². The van der Waals surface area contributed by atoms with Crippen LogP contribution in [0.4, 0.5) is 0 Å². The minimum absolute atomic E-state index is 0.232. The van der Waals surface area contributed by atoms with Crippen LogP contribution in [0.1, 0.15) is 29.5 Å². The second kappa shape index (κ2) is 12.2. The first-order chi connectivity index (χ1) is 16.0. The highest BCUT2D eigenvalue weighted by Gasteiger charge is 2.23. The highest BCUT2D eigenvalue weighted by Crippen LogP contribution is 2.24. The van der Waals surface area contributed by atoms with Gasteiger partial charge in [-0.15, -0.1) is 0 Å². The van der Waals surface area contributed by atoms with Gasteiger partial charge >= 0.3 is 5.97 Å². The number of carbonyl (C=O) groups excluding carboxylic acids is 3. The predicted octanol–water partition coefficient (Wildman–Crippen LogP) is 3.23. The van der Waals surface area contributed by atoms with Crippen LogP contribution in [-0.2, 0) is 25.5 Å². The van der Waals surface area contributed by atoms with Crippen molar-refractivity contribution in [1.82, 2.24) is 10.6 Å². The van der Waals surface area contributed by atoms with Gasteiger partial charge in [0, 0.05) is 6.42 Å². The molecule has 3 aromatic carbocycles. The molecule has 0 aromatic heterocycles. The molecule has 0 radical (unpaired) electrons. The van der Waals surface area contributed by atoms with E-state index in [0.29, 0.717) is 6.42 Å². The number of benzene rings is 3. The minimum atomic E-state index is -0.816. The van der Waals surface area contributed by atoms with Crippen LogP contribution in [0.3, 0.4) is 0 Å². The smallest absolute Gasteiger partial charge is 0.328 e. The summed E-state index contributed by atoms with van der Waals surface area (Å²) in [6.07, 6.45) is 0.601. The summed E-state index contributed by atoms with van der Waals surface area (Å²) >= 11 is 0. The largest absolute Gasteiger partial charge is 0.464 e. The van der Waals surface area contributed by atoms with Gasteiger partial charge in [-0.3, -0.25) is 9.59 Å². The zero-order valence-electron chi connectivity index (χ0n) is 18.6. The first-order valence-electron chi connectivity index (χ1n) is 10.9. The molecule has 0 aliphatic rings. The average Bonchev–Trinajstić information content (AvgIpc) is 2.85. The zero-order valence-corrected chi connectivity index (χ0v) is 18.6. The summed E-state index contributed by atoms with van der Waals surface area (Å²) in [6, 6.07) is 27.7. The Balaban J connectivity index is 1.49. The lowest BCUT2D eigenvalue weighted by atomic mass is 9.90. The van der Waals surface area contributed by atoms with Gasteiger partial charge in [-0.2, -0.15) is 0 Å². The molecule has 0 aliphatic heterocycles. The Morgan fingerprint density at radius 1 is 0.788 bits per heavy atom. The molecule has 3 rings (SSSR count). The highest BCUT2D eigenvalue weighted by atomic mass is 16.5. The Kier molecular flexibility index (Phi) is 8.77. The van der Waals surface area contributed by atoms with E-state index in [0.717, 1.165) is 16.7 Å². The molecule has 0 fully saturated rings. The number of carbonyl (C=O) groups is 3. The molecule has 0 bridgehead atoms. The fourth-order valence-corrected chi connectivity index (χ4v) is 3.45. The normalized spacial score (nSPS) is 11.5. The topological polar surface area (TPSA) is 84.5 Å². The van der Waals surface area contributed by atoms with Crippen LogP contribution in [-0.4, -0.2) is 37.0 Å². The van der Waals surface area contributed by atoms with Crippen molar-refractivity contribution in [2.24, 2.45) is 0 Å². The molecule has 0 unspecified atom stereocenters. The second-order valence-electron chi connectivity index (χ2n) is 7.66. The second-order valence-corrected chi connectivity index (χ2v) is 7.66. The third-order valence-electron chi connectivity index (χ3n) is 5.16. The van der Waals surface area contributed by atoms with Crippen LogP contribution < -0.4 is 10.6 Å². The summed E-state index contributed by atoms with van der Waals surface area (Å²) in [6.45, 7) is 1.55. The number of nitrogens with one attached hydrogen (secondary N) is 2. The molecule has 0 heterocycles. The molecule has 0 saturated carbocycles. The molecule has 6 heteroatoms. The Morgan fingerprint density at radius 2 is 1.30 bits per heavy atom. The van der Waals surface area contributed by atoms with E-state index in [1.807, 2.05) is 91.0 Å². The lowest BCUT2D eigenvalue weighted by Gasteiger charge is -2.18. The molecule has 2 amide bonds. The summed E-state index contributed by atoms with van der Waals surface area (Å²) in [5, 5.41) is 5.26. The van der Waals surface area contributed by atoms with Gasteiger partial charge in [0.2, 0.25) is 11.8 Å². The SMILES string of the molecule is C[C@H](NC(=O)CNC(=O)C(c1ccccc1)c1ccccc1)C(=O)OCCc1ccccc1. The van der Waals surface area contributed by atoms with Crippen LogP contribution >= 0.6 is 0 Å². The van der Waals surface area contributed by atoms with Gasteiger partial charge < -0.3 is 15.4 Å². The van der Waals surface area contributed by atoms with Gasteiger partial charge in [0.1, 0.15) is 6.04 Å². The lowest BCUT2D eigenvalue weighted by Crippen LogP contribution is -2.45. The summed E-state index contributed by atoms with van der Waals surface area (Å²) < 4.78 is 5.25. The van der Waals surface area contributed by atoms with Crippen LogP contribution in [0.25, 0.3) is 0 Å². The van der Waals surface area contributed by atoms with Crippen molar-refractivity contribution in [2.45, 2.75) is 25.3 Å². The van der Waals surface area contributed by atoms with E-state index in [1.54, 1.807) is 6.92 Å². The lowest BCUT2D eigenvalue weighted by molar-refractivity contribution is -0.147. The Bertz CT molecular complexity index is 1000. The molecule has 1 atom stereocenters. The van der Waals surface area contributed by atoms with E-state index < -0.39 is 23.8 Å². The van der Waals surface area contributed by atoms with E-state index in [2.05, 4.69) is 10.6 Å². The van der Waals surface area contributed by atoms with Crippen molar-refractivity contribution >= 4 is 17.8 Å². The monoisotopic (exact) mass is 444 g/mol. The standard InChI is InChI=1S/C27H28N2O4/c1-20(27(32)33-18-17-21-11-5-2-6-12-21)29-24(30)19-28-26(31)25(22-13-7-3-8-14-22)23-15-9-4-10-16-23/h2-16,20,25H,17-19H2,1H3,(H,28,31)(H,29,30)/t20-/m0/s1. The number of hydrogen-bond acceptors (Lipinski definition) is 4.